The zero-order valence-electron chi connectivity index (χ0n) is 15.2. The number of hydrogen-bond acceptors (Lipinski definition) is 5. The summed E-state index contributed by atoms with van der Waals surface area (Å²) in [6, 6.07) is 18.3. The number of nitrogens with zero attached hydrogens (tertiary/aromatic N) is 3. The first-order chi connectivity index (χ1) is 12.6. The lowest BCUT2D eigenvalue weighted by Crippen LogP contribution is -2.27. The summed E-state index contributed by atoms with van der Waals surface area (Å²) in [6.45, 7) is 0.656. The van der Waals surface area contributed by atoms with Crippen molar-refractivity contribution in [1.29, 1.82) is 5.26 Å². The maximum atomic E-state index is 9.48. The number of nitriles is 1. The molecule has 0 saturated heterocycles. The minimum Gasteiger partial charge on any atom is -0.497 e. The standard InChI is InChI=1S/C21H22N4O/c1-25(2)20(15-7-6-8-17(11-15)26-3)14-24-21-16(12-22)13-23-19-10-5-4-9-18(19)21/h4-11,13,20H,14H2,1-3H3,(H,23,24). The number of hydrogen-bond donors (Lipinski definition) is 1. The van der Waals surface area contributed by atoms with E-state index in [1.54, 1.807) is 13.3 Å². The number of aromatic nitrogens is 1. The van der Waals surface area contributed by atoms with Crippen LogP contribution in [0, 0.1) is 11.3 Å². The highest BCUT2D eigenvalue weighted by atomic mass is 16.5. The van der Waals surface area contributed by atoms with Crippen LogP contribution in [0.3, 0.4) is 0 Å². The van der Waals surface area contributed by atoms with E-state index in [0.717, 1.165) is 27.9 Å². The number of ether oxygens (including phenoxy) is 1. The van der Waals surface area contributed by atoms with Crippen LogP contribution in [-0.4, -0.2) is 37.6 Å². The maximum Gasteiger partial charge on any atom is 0.119 e. The predicted molar refractivity (Wildman–Crippen MR) is 104 cm³/mol. The lowest BCUT2D eigenvalue weighted by atomic mass is 10.0. The van der Waals surface area contributed by atoms with E-state index in [0.29, 0.717) is 12.1 Å². The van der Waals surface area contributed by atoms with E-state index >= 15 is 0 Å². The molecule has 0 aliphatic heterocycles. The quantitative estimate of drug-likeness (QED) is 0.735. The molecule has 1 N–H and O–H groups in total. The van der Waals surface area contributed by atoms with Gasteiger partial charge in [0.05, 0.1) is 29.9 Å². The third-order valence-electron chi connectivity index (χ3n) is 4.47. The highest BCUT2D eigenvalue weighted by molar-refractivity contribution is 5.93. The van der Waals surface area contributed by atoms with Gasteiger partial charge in [0.15, 0.2) is 0 Å². The lowest BCUT2D eigenvalue weighted by Gasteiger charge is -2.26. The number of rotatable bonds is 6. The Bertz CT molecular complexity index is 946. The molecular formula is C21H22N4O. The zero-order valence-corrected chi connectivity index (χ0v) is 15.2. The minimum atomic E-state index is 0.128. The van der Waals surface area contributed by atoms with Gasteiger partial charge < -0.3 is 15.0 Å². The Morgan fingerprint density at radius 2 is 2.00 bits per heavy atom. The van der Waals surface area contributed by atoms with Gasteiger partial charge in [0.2, 0.25) is 0 Å². The highest BCUT2D eigenvalue weighted by Gasteiger charge is 2.16. The van der Waals surface area contributed by atoms with Gasteiger partial charge in [-0.15, -0.1) is 0 Å². The van der Waals surface area contributed by atoms with E-state index < -0.39 is 0 Å². The number of fused-ring (bicyclic) bond motifs is 1. The van der Waals surface area contributed by atoms with Crippen molar-refractivity contribution in [2.75, 3.05) is 33.1 Å². The molecule has 0 fully saturated rings. The van der Waals surface area contributed by atoms with Gasteiger partial charge in [0.1, 0.15) is 11.8 Å². The average molecular weight is 346 g/mol. The monoisotopic (exact) mass is 346 g/mol. The fraction of sp³-hybridized carbons (Fsp3) is 0.238. The molecule has 132 valence electrons. The molecule has 0 spiro atoms. The highest BCUT2D eigenvalue weighted by Crippen LogP contribution is 2.28. The van der Waals surface area contributed by atoms with E-state index in [1.165, 1.54) is 0 Å². The van der Waals surface area contributed by atoms with E-state index in [9.17, 15) is 5.26 Å². The molecule has 1 unspecified atom stereocenters. The Kier molecular flexibility index (Phi) is 5.35. The smallest absolute Gasteiger partial charge is 0.119 e. The summed E-state index contributed by atoms with van der Waals surface area (Å²) < 4.78 is 5.35. The Hall–Kier alpha value is -3.10. The summed E-state index contributed by atoms with van der Waals surface area (Å²) in [5.74, 6) is 0.835. The van der Waals surface area contributed by atoms with Gasteiger partial charge in [-0.2, -0.15) is 5.26 Å². The number of likely N-dealkylation sites (N-methyl/N-ethyl adjacent to an activating group) is 1. The summed E-state index contributed by atoms with van der Waals surface area (Å²) in [5.41, 5.74) is 3.40. The fourth-order valence-electron chi connectivity index (χ4n) is 3.06. The van der Waals surface area contributed by atoms with Crippen molar-refractivity contribution in [1.82, 2.24) is 9.88 Å². The van der Waals surface area contributed by atoms with Gasteiger partial charge in [-0.1, -0.05) is 30.3 Å². The van der Waals surface area contributed by atoms with Gasteiger partial charge in [-0.3, -0.25) is 4.98 Å². The molecule has 0 aliphatic carbocycles. The van der Waals surface area contributed by atoms with Crippen LogP contribution in [0.2, 0.25) is 0 Å². The topological polar surface area (TPSA) is 61.2 Å². The second-order valence-electron chi connectivity index (χ2n) is 6.31. The van der Waals surface area contributed by atoms with Crippen molar-refractivity contribution in [3.8, 4) is 11.8 Å². The minimum absolute atomic E-state index is 0.128. The molecule has 3 rings (SSSR count). The van der Waals surface area contributed by atoms with Crippen molar-refractivity contribution in [2.24, 2.45) is 0 Å². The molecule has 1 atom stereocenters. The molecular weight excluding hydrogens is 324 g/mol. The molecule has 1 aromatic heterocycles. The van der Waals surface area contributed by atoms with Crippen molar-refractivity contribution >= 4 is 16.6 Å². The van der Waals surface area contributed by atoms with E-state index in [4.69, 9.17) is 4.74 Å². The SMILES string of the molecule is COc1cccc(C(CNc2c(C#N)cnc3ccccc23)N(C)C)c1. The van der Waals surface area contributed by atoms with Gasteiger partial charge in [0, 0.05) is 18.1 Å². The van der Waals surface area contributed by atoms with Gasteiger partial charge in [-0.05, 0) is 37.9 Å². The number of anilines is 1. The van der Waals surface area contributed by atoms with E-state index in [1.807, 2.05) is 56.6 Å². The van der Waals surface area contributed by atoms with Gasteiger partial charge >= 0.3 is 0 Å². The second kappa shape index (κ2) is 7.85. The average Bonchev–Trinajstić information content (AvgIpc) is 2.68. The van der Waals surface area contributed by atoms with Crippen molar-refractivity contribution < 1.29 is 4.74 Å². The Morgan fingerprint density at radius 3 is 2.73 bits per heavy atom. The number of benzene rings is 2. The number of pyridine rings is 1. The molecule has 2 aromatic carbocycles. The van der Waals surface area contributed by atoms with Crippen LogP contribution in [0.1, 0.15) is 17.2 Å². The fourth-order valence-corrected chi connectivity index (χ4v) is 3.06. The second-order valence-corrected chi connectivity index (χ2v) is 6.31. The van der Waals surface area contributed by atoms with Crippen LogP contribution in [0.4, 0.5) is 5.69 Å². The zero-order chi connectivity index (χ0) is 18.5. The first-order valence-electron chi connectivity index (χ1n) is 8.46. The van der Waals surface area contributed by atoms with E-state index in [-0.39, 0.29) is 6.04 Å². The van der Waals surface area contributed by atoms with Crippen LogP contribution in [0.15, 0.2) is 54.7 Å². The molecule has 0 bridgehead atoms. The van der Waals surface area contributed by atoms with Crippen LogP contribution >= 0.6 is 0 Å². The largest absolute Gasteiger partial charge is 0.497 e. The molecule has 0 amide bonds. The third kappa shape index (κ3) is 3.61. The predicted octanol–water partition coefficient (Wildman–Crippen LogP) is 3.83. The first-order valence-corrected chi connectivity index (χ1v) is 8.46. The van der Waals surface area contributed by atoms with E-state index in [2.05, 4.69) is 27.3 Å². The number of methoxy groups -OCH3 is 1. The molecule has 0 saturated carbocycles. The van der Waals surface area contributed by atoms with Crippen molar-refractivity contribution in [3.05, 3.63) is 65.9 Å². The summed E-state index contributed by atoms with van der Waals surface area (Å²) in [6.07, 6.45) is 1.63. The third-order valence-corrected chi connectivity index (χ3v) is 4.47. The summed E-state index contributed by atoms with van der Waals surface area (Å²) >= 11 is 0. The Balaban J connectivity index is 1.93. The van der Waals surface area contributed by atoms with Crippen LogP contribution < -0.4 is 10.1 Å². The number of nitrogens with one attached hydrogen (secondary N) is 1. The Labute approximate surface area is 153 Å². The molecule has 0 aliphatic rings. The van der Waals surface area contributed by atoms with Crippen LogP contribution in [0.5, 0.6) is 5.75 Å². The van der Waals surface area contributed by atoms with Crippen molar-refractivity contribution in [2.45, 2.75) is 6.04 Å². The molecule has 5 heteroatoms. The normalized spacial score (nSPS) is 12.0. The first kappa shape index (κ1) is 17.7. The van der Waals surface area contributed by atoms with Crippen LogP contribution in [0.25, 0.3) is 10.9 Å². The molecule has 0 radical (unpaired) electrons. The molecule has 3 aromatic rings. The molecule has 5 nitrogen and oxygen atoms in total. The number of para-hydroxylation sites is 1. The van der Waals surface area contributed by atoms with Gasteiger partial charge in [0.25, 0.3) is 0 Å². The maximum absolute atomic E-state index is 9.48. The Morgan fingerprint density at radius 1 is 1.19 bits per heavy atom. The van der Waals surface area contributed by atoms with Gasteiger partial charge in [-0.25, -0.2) is 0 Å². The molecule has 1 heterocycles. The van der Waals surface area contributed by atoms with Crippen molar-refractivity contribution in [3.63, 3.8) is 0 Å². The summed E-state index contributed by atoms with van der Waals surface area (Å²) in [4.78, 5) is 6.52. The van der Waals surface area contributed by atoms with Crippen LogP contribution in [-0.2, 0) is 0 Å². The summed E-state index contributed by atoms with van der Waals surface area (Å²) in [7, 11) is 5.76. The molecule has 26 heavy (non-hydrogen) atoms. The summed E-state index contributed by atoms with van der Waals surface area (Å²) in [5, 5.41) is 13.9. The lowest BCUT2D eigenvalue weighted by molar-refractivity contribution is 0.310.